The van der Waals surface area contributed by atoms with Crippen LogP contribution in [0.2, 0.25) is 0 Å². The summed E-state index contributed by atoms with van der Waals surface area (Å²) >= 11 is 0. The number of amides is 1. The van der Waals surface area contributed by atoms with Crippen molar-refractivity contribution < 1.29 is 17.9 Å². The fraction of sp³-hybridized carbons (Fsp3) is 0.696. The van der Waals surface area contributed by atoms with Gasteiger partial charge in [0.1, 0.15) is 5.75 Å². The van der Waals surface area contributed by atoms with Crippen LogP contribution in [0.5, 0.6) is 5.75 Å². The summed E-state index contributed by atoms with van der Waals surface area (Å²) in [5, 5.41) is -0.412. The predicted molar refractivity (Wildman–Crippen MR) is 115 cm³/mol. The van der Waals surface area contributed by atoms with Crippen molar-refractivity contribution in [1.29, 1.82) is 0 Å². The van der Waals surface area contributed by atoms with Gasteiger partial charge in [-0.1, -0.05) is 26.2 Å². The van der Waals surface area contributed by atoms with Crippen LogP contribution in [0, 0.1) is 11.8 Å². The van der Waals surface area contributed by atoms with Gasteiger partial charge in [-0.25, -0.2) is 8.42 Å². The number of likely N-dealkylation sites (tertiary alicyclic amines) is 1. The number of nitrogens with zero attached hydrogens (tertiary/aromatic N) is 1. The number of methoxy groups -OCH3 is 1. The average molecular weight is 422 g/mol. The average Bonchev–Trinajstić information content (AvgIpc) is 2.77. The fourth-order valence-electron chi connectivity index (χ4n) is 4.79. The highest BCUT2D eigenvalue weighted by molar-refractivity contribution is 7.92. The second-order valence-electron chi connectivity index (χ2n) is 8.61. The Morgan fingerprint density at radius 1 is 1.03 bits per heavy atom. The molecular weight excluding hydrogens is 386 g/mol. The highest BCUT2D eigenvalue weighted by Crippen LogP contribution is 2.34. The van der Waals surface area contributed by atoms with Crippen LogP contribution in [-0.4, -0.2) is 44.7 Å². The number of ether oxygens (including phenoxy) is 1. The van der Waals surface area contributed by atoms with Gasteiger partial charge in [0.05, 0.1) is 17.3 Å². The van der Waals surface area contributed by atoms with E-state index in [1.54, 1.807) is 31.4 Å². The molecule has 3 rings (SSSR count). The number of carbonyl (C=O) groups excluding carboxylic acids is 1. The lowest BCUT2D eigenvalue weighted by atomic mass is 9.79. The molecule has 1 aliphatic carbocycles. The first kappa shape index (κ1) is 22.1. The van der Waals surface area contributed by atoms with Gasteiger partial charge in [0.2, 0.25) is 5.91 Å². The fourth-order valence-corrected chi connectivity index (χ4v) is 6.53. The highest BCUT2D eigenvalue weighted by atomic mass is 32.2. The lowest BCUT2D eigenvalue weighted by Crippen LogP contribution is -2.45. The molecule has 0 N–H and O–H groups in total. The summed E-state index contributed by atoms with van der Waals surface area (Å²) in [6, 6.07) is 6.59. The van der Waals surface area contributed by atoms with E-state index in [1.807, 2.05) is 4.90 Å². The minimum atomic E-state index is -3.37. The Bertz CT molecular complexity index is 759. The van der Waals surface area contributed by atoms with Crippen molar-refractivity contribution in [1.82, 2.24) is 4.90 Å². The molecule has 0 bridgehead atoms. The predicted octanol–water partition coefficient (Wildman–Crippen LogP) is 4.46. The van der Waals surface area contributed by atoms with E-state index in [0.29, 0.717) is 36.6 Å². The molecule has 1 heterocycles. The van der Waals surface area contributed by atoms with E-state index in [0.717, 1.165) is 18.8 Å². The molecule has 1 aromatic rings. The molecule has 29 heavy (non-hydrogen) atoms. The van der Waals surface area contributed by atoms with Crippen LogP contribution >= 0.6 is 0 Å². The first-order valence-corrected chi connectivity index (χ1v) is 12.7. The maximum absolute atomic E-state index is 12.9. The van der Waals surface area contributed by atoms with Gasteiger partial charge in [-0.2, -0.15) is 0 Å². The maximum atomic E-state index is 12.9. The van der Waals surface area contributed by atoms with Crippen molar-refractivity contribution in [3.8, 4) is 5.75 Å². The van der Waals surface area contributed by atoms with Crippen LogP contribution in [0.1, 0.15) is 64.7 Å². The van der Waals surface area contributed by atoms with Gasteiger partial charge in [0.15, 0.2) is 9.84 Å². The Morgan fingerprint density at radius 2 is 1.66 bits per heavy atom. The van der Waals surface area contributed by atoms with E-state index in [1.165, 1.54) is 32.1 Å². The molecule has 0 aromatic heterocycles. The third kappa shape index (κ3) is 5.33. The first-order chi connectivity index (χ1) is 14.0. The number of hydrogen-bond acceptors (Lipinski definition) is 4. The van der Waals surface area contributed by atoms with Gasteiger partial charge in [-0.3, -0.25) is 4.79 Å². The van der Waals surface area contributed by atoms with E-state index >= 15 is 0 Å². The van der Waals surface area contributed by atoms with Crippen molar-refractivity contribution in [2.45, 2.75) is 74.9 Å². The molecule has 162 valence electrons. The van der Waals surface area contributed by atoms with Crippen molar-refractivity contribution in [2.24, 2.45) is 11.8 Å². The largest absolute Gasteiger partial charge is 0.497 e. The van der Waals surface area contributed by atoms with Crippen LogP contribution in [0.25, 0.3) is 0 Å². The summed E-state index contributed by atoms with van der Waals surface area (Å²) in [7, 11) is -1.81. The Balaban J connectivity index is 1.51. The molecule has 2 fully saturated rings. The molecular formula is C23H35NO4S. The normalized spacial score (nSPS) is 23.7. The van der Waals surface area contributed by atoms with Crippen LogP contribution < -0.4 is 4.74 Å². The lowest BCUT2D eigenvalue weighted by Gasteiger charge is -2.36. The summed E-state index contributed by atoms with van der Waals surface area (Å²) in [5.74, 6) is 1.83. The van der Waals surface area contributed by atoms with Gasteiger partial charge in [-0.05, 0) is 68.7 Å². The molecule has 5 nitrogen and oxygen atoms in total. The minimum Gasteiger partial charge on any atom is -0.497 e. The SMILES string of the molecule is CCCCC1CCC(C(=O)N2CCC(S(=O)(=O)c3ccc(OC)cc3)CC2)CC1. The number of hydrogen-bond donors (Lipinski definition) is 0. The quantitative estimate of drug-likeness (QED) is 0.652. The standard InChI is InChI=1S/C23H35NO4S/c1-3-4-5-18-6-8-19(9-7-18)23(25)24-16-14-22(15-17-24)29(26,27)21-12-10-20(28-2)11-13-21/h10-13,18-19,22H,3-9,14-17H2,1-2H3. The van der Waals surface area contributed by atoms with Gasteiger partial charge in [0, 0.05) is 19.0 Å². The van der Waals surface area contributed by atoms with Gasteiger partial charge in [0.25, 0.3) is 0 Å². The molecule has 0 spiro atoms. The Morgan fingerprint density at radius 3 is 2.21 bits per heavy atom. The number of unbranched alkanes of at least 4 members (excludes halogenated alkanes) is 1. The zero-order chi connectivity index (χ0) is 20.9. The summed E-state index contributed by atoms with van der Waals surface area (Å²) in [4.78, 5) is 15.2. The van der Waals surface area contributed by atoms with E-state index in [4.69, 9.17) is 4.74 Å². The highest BCUT2D eigenvalue weighted by Gasteiger charge is 2.35. The number of carbonyl (C=O) groups is 1. The van der Waals surface area contributed by atoms with Gasteiger partial charge in [-0.15, -0.1) is 0 Å². The zero-order valence-electron chi connectivity index (χ0n) is 17.8. The molecule has 6 heteroatoms. The molecule has 0 radical (unpaired) electrons. The van der Waals surface area contributed by atoms with Crippen molar-refractivity contribution in [3.05, 3.63) is 24.3 Å². The van der Waals surface area contributed by atoms with Gasteiger partial charge >= 0.3 is 0 Å². The number of sulfone groups is 1. The second-order valence-corrected chi connectivity index (χ2v) is 10.8. The Kier molecular flexibility index (Phi) is 7.60. The smallest absolute Gasteiger partial charge is 0.225 e. The molecule has 1 amide bonds. The van der Waals surface area contributed by atoms with E-state index < -0.39 is 15.1 Å². The molecule has 1 saturated heterocycles. The van der Waals surface area contributed by atoms with Crippen LogP contribution in [0.4, 0.5) is 0 Å². The summed E-state index contributed by atoms with van der Waals surface area (Å²) in [6.45, 7) is 3.33. The lowest BCUT2D eigenvalue weighted by molar-refractivity contribution is -0.137. The van der Waals surface area contributed by atoms with E-state index in [-0.39, 0.29) is 11.8 Å². The van der Waals surface area contributed by atoms with Crippen molar-refractivity contribution in [2.75, 3.05) is 20.2 Å². The van der Waals surface area contributed by atoms with Crippen LogP contribution in [0.3, 0.4) is 0 Å². The Hall–Kier alpha value is -1.56. The summed E-state index contributed by atoms with van der Waals surface area (Å²) in [5.41, 5.74) is 0. The molecule has 0 unspecified atom stereocenters. The number of benzene rings is 1. The van der Waals surface area contributed by atoms with Crippen LogP contribution in [0.15, 0.2) is 29.2 Å². The first-order valence-electron chi connectivity index (χ1n) is 11.1. The third-order valence-corrected chi connectivity index (χ3v) is 9.02. The second kappa shape index (κ2) is 9.96. The summed E-state index contributed by atoms with van der Waals surface area (Å²) < 4.78 is 31.0. The molecule has 0 atom stereocenters. The monoisotopic (exact) mass is 421 g/mol. The third-order valence-electron chi connectivity index (χ3n) is 6.74. The number of piperidine rings is 1. The molecule has 1 saturated carbocycles. The van der Waals surface area contributed by atoms with E-state index in [2.05, 4.69) is 6.92 Å². The van der Waals surface area contributed by atoms with Crippen molar-refractivity contribution in [3.63, 3.8) is 0 Å². The minimum absolute atomic E-state index is 0.141. The Labute approximate surface area is 175 Å². The zero-order valence-corrected chi connectivity index (χ0v) is 18.6. The molecule has 2 aliphatic rings. The molecule has 1 aromatic carbocycles. The van der Waals surface area contributed by atoms with E-state index in [9.17, 15) is 13.2 Å². The van der Waals surface area contributed by atoms with Gasteiger partial charge < -0.3 is 9.64 Å². The van der Waals surface area contributed by atoms with Crippen LogP contribution in [-0.2, 0) is 14.6 Å². The van der Waals surface area contributed by atoms with Crippen molar-refractivity contribution >= 4 is 15.7 Å². The maximum Gasteiger partial charge on any atom is 0.225 e. The summed E-state index contributed by atoms with van der Waals surface area (Å²) in [6.07, 6.45) is 9.20. The number of rotatable bonds is 7. The topological polar surface area (TPSA) is 63.7 Å². The molecule has 1 aliphatic heterocycles.